The minimum absolute atomic E-state index is 0.0105. The summed E-state index contributed by atoms with van der Waals surface area (Å²) >= 11 is 0. The Labute approximate surface area is 227 Å². The maximum atomic E-state index is 13.8. The van der Waals surface area contributed by atoms with Gasteiger partial charge < -0.3 is 19.7 Å². The molecule has 1 N–H and O–H groups in total. The Kier molecular flexibility index (Phi) is 10.3. The molecule has 0 aromatic heterocycles. The quantitative estimate of drug-likeness (QED) is 0.343. The summed E-state index contributed by atoms with van der Waals surface area (Å²) in [6.45, 7) is 10.1. The normalized spacial score (nSPS) is 12.4. The summed E-state index contributed by atoms with van der Waals surface area (Å²) in [5.41, 5.74) is 5.02. The van der Waals surface area contributed by atoms with E-state index in [0.717, 1.165) is 34.2 Å². The number of aryl methyl sites for hydroxylation is 2. The summed E-state index contributed by atoms with van der Waals surface area (Å²) in [6, 6.07) is 20.7. The first-order valence-electron chi connectivity index (χ1n) is 13.2. The molecular weight excluding hydrogens is 476 g/mol. The average molecular weight is 517 g/mol. The highest BCUT2D eigenvalue weighted by Gasteiger charge is 2.31. The monoisotopic (exact) mass is 516 g/mol. The maximum Gasteiger partial charge on any atom is 0.261 e. The fraction of sp³-hybridized carbons (Fsp3) is 0.375. The molecule has 3 rings (SSSR count). The van der Waals surface area contributed by atoms with Crippen molar-refractivity contribution >= 4 is 11.8 Å². The molecule has 3 aromatic rings. The molecule has 6 heteroatoms. The van der Waals surface area contributed by atoms with Gasteiger partial charge in [-0.05, 0) is 80.1 Å². The summed E-state index contributed by atoms with van der Waals surface area (Å²) in [5, 5.41) is 3.09. The molecule has 0 heterocycles. The van der Waals surface area contributed by atoms with E-state index in [4.69, 9.17) is 9.47 Å². The first-order valence-corrected chi connectivity index (χ1v) is 13.2. The van der Waals surface area contributed by atoms with Crippen molar-refractivity contribution in [2.45, 2.75) is 66.1 Å². The SMILES string of the molecule is CC[C@@H](C)NC(=O)[C@@H](Cc1ccccc1)N(Cc1cccc(OC)c1)C(=O)COc1cc(C)cc(C)c1C. The predicted octanol–water partition coefficient (Wildman–Crippen LogP) is 5.55. The van der Waals surface area contributed by atoms with Crippen LogP contribution >= 0.6 is 0 Å². The number of carbonyl (C=O) groups is 2. The van der Waals surface area contributed by atoms with Crippen LogP contribution in [0.4, 0.5) is 0 Å². The van der Waals surface area contributed by atoms with Crippen LogP contribution < -0.4 is 14.8 Å². The van der Waals surface area contributed by atoms with Crippen LogP contribution in [0, 0.1) is 20.8 Å². The second-order valence-electron chi connectivity index (χ2n) is 9.89. The van der Waals surface area contributed by atoms with Gasteiger partial charge in [-0.15, -0.1) is 0 Å². The molecule has 38 heavy (non-hydrogen) atoms. The smallest absolute Gasteiger partial charge is 0.261 e. The third-order valence-electron chi connectivity index (χ3n) is 6.87. The maximum absolute atomic E-state index is 13.8. The number of nitrogens with zero attached hydrogens (tertiary/aromatic N) is 1. The number of rotatable bonds is 12. The summed E-state index contributed by atoms with van der Waals surface area (Å²) in [5.74, 6) is 0.940. The van der Waals surface area contributed by atoms with E-state index >= 15 is 0 Å². The highest BCUT2D eigenvalue weighted by molar-refractivity contribution is 5.88. The van der Waals surface area contributed by atoms with Crippen molar-refractivity contribution in [1.29, 1.82) is 0 Å². The van der Waals surface area contributed by atoms with Crippen LogP contribution in [0.1, 0.15) is 48.1 Å². The molecule has 0 radical (unpaired) electrons. The van der Waals surface area contributed by atoms with Crippen LogP contribution in [0.5, 0.6) is 11.5 Å². The summed E-state index contributed by atoms with van der Waals surface area (Å²) < 4.78 is 11.5. The highest BCUT2D eigenvalue weighted by Crippen LogP contribution is 2.24. The Balaban J connectivity index is 1.96. The lowest BCUT2D eigenvalue weighted by molar-refractivity contribution is -0.143. The van der Waals surface area contributed by atoms with Crippen molar-refractivity contribution < 1.29 is 19.1 Å². The van der Waals surface area contributed by atoms with Crippen LogP contribution in [0.3, 0.4) is 0 Å². The van der Waals surface area contributed by atoms with Crippen molar-refractivity contribution in [1.82, 2.24) is 10.2 Å². The molecule has 0 aliphatic carbocycles. The van der Waals surface area contributed by atoms with Crippen LogP contribution in [-0.2, 0) is 22.6 Å². The molecular formula is C32H40N2O4. The number of nitrogens with one attached hydrogen (secondary N) is 1. The Morgan fingerprint density at radius 2 is 1.66 bits per heavy atom. The Morgan fingerprint density at radius 1 is 0.947 bits per heavy atom. The molecule has 6 nitrogen and oxygen atoms in total. The number of ether oxygens (including phenoxy) is 2. The number of carbonyl (C=O) groups excluding carboxylic acids is 2. The van der Waals surface area contributed by atoms with Crippen LogP contribution in [0.25, 0.3) is 0 Å². The summed E-state index contributed by atoms with van der Waals surface area (Å²) in [6.07, 6.45) is 1.18. The number of benzene rings is 3. The van der Waals surface area contributed by atoms with Crippen LogP contribution in [0.15, 0.2) is 66.7 Å². The molecule has 3 aromatic carbocycles. The Morgan fingerprint density at radius 3 is 2.34 bits per heavy atom. The van der Waals surface area contributed by atoms with Crippen molar-refractivity contribution in [3.05, 3.63) is 94.5 Å². The predicted molar refractivity (Wildman–Crippen MR) is 152 cm³/mol. The number of amides is 2. The minimum Gasteiger partial charge on any atom is -0.497 e. The van der Waals surface area contributed by atoms with Gasteiger partial charge in [-0.2, -0.15) is 0 Å². The second kappa shape index (κ2) is 13.7. The van der Waals surface area contributed by atoms with E-state index in [1.807, 2.05) is 95.3 Å². The molecule has 0 bridgehead atoms. The summed E-state index contributed by atoms with van der Waals surface area (Å²) in [4.78, 5) is 29.1. The lowest BCUT2D eigenvalue weighted by atomic mass is 10.0. The molecule has 0 spiro atoms. The van der Waals surface area contributed by atoms with E-state index < -0.39 is 6.04 Å². The first-order chi connectivity index (χ1) is 18.2. The second-order valence-corrected chi connectivity index (χ2v) is 9.89. The van der Waals surface area contributed by atoms with Gasteiger partial charge in [0.1, 0.15) is 17.5 Å². The number of hydrogen-bond donors (Lipinski definition) is 1. The van der Waals surface area contributed by atoms with Gasteiger partial charge in [0.05, 0.1) is 7.11 Å². The first kappa shape index (κ1) is 28.8. The van der Waals surface area contributed by atoms with Crippen LogP contribution in [-0.4, -0.2) is 42.5 Å². The Hall–Kier alpha value is -3.80. The summed E-state index contributed by atoms with van der Waals surface area (Å²) in [7, 11) is 1.61. The average Bonchev–Trinajstić information content (AvgIpc) is 2.92. The molecule has 0 saturated carbocycles. The van der Waals surface area contributed by atoms with Crippen molar-refractivity contribution in [2.75, 3.05) is 13.7 Å². The van der Waals surface area contributed by atoms with E-state index in [1.54, 1.807) is 12.0 Å². The van der Waals surface area contributed by atoms with Crippen LogP contribution in [0.2, 0.25) is 0 Å². The van der Waals surface area contributed by atoms with Gasteiger partial charge in [-0.1, -0.05) is 55.5 Å². The van der Waals surface area contributed by atoms with Crippen molar-refractivity contribution in [3.8, 4) is 11.5 Å². The molecule has 2 atom stereocenters. The third-order valence-corrected chi connectivity index (χ3v) is 6.87. The number of hydrogen-bond acceptors (Lipinski definition) is 4. The molecule has 0 unspecified atom stereocenters. The fourth-order valence-electron chi connectivity index (χ4n) is 4.34. The van der Waals surface area contributed by atoms with Gasteiger partial charge in [-0.3, -0.25) is 9.59 Å². The van der Waals surface area contributed by atoms with E-state index in [-0.39, 0.29) is 31.0 Å². The van der Waals surface area contributed by atoms with E-state index in [0.29, 0.717) is 17.9 Å². The number of methoxy groups -OCH3 is 1. The van der Waals surface area contributed by atoms with Crippen molar-refractivity contribution in [2.24, 2.45) is 0 Å². The minimum atomic E-state index is -0.714. The largest absolute Gasteiger partial charge is 0.497 e. The molecule has 202 valence electrons. The van der Waals surface area contributed by atoms with Crippen molar-refractivity contribution in [3.63, 3.8) is 0 Å². The zero-order valence-electron chi connectivity index (χ0n) is 23.4. The van der Waals surface area contributed by atoms with Gasteiger partial charge in [0.25, 0.3) is 5.91 Å². The zero-order valence-corrected chi connectivity index (χ0v) is 23.4. The molecule has 0 aliphatic heterocycles. The van der Waals surface area contributed by atoms with Gasteiger partial charge in [-0.25, -0.2) is 0 Å². The fourth-order valence-corrected chi connectivity index (χ4v) is 4.34. The molecule has 0 fully saturated rings. The van der Waals surface area contributed by atoms with Gasteiger partial charge in [0, 0.05) is 19.0 Å². The zero-order chi connectivity index (χ0) is 27.7. The van der Waals surface area contributed by atoms with E-state index in [2.05, 4.69) is 11.4 Å². The van der Waals surface area contributed by atoms with Gasteiger partial charge in [0.15, 0.2) is 6.61 Å². The highest BCUT2D eigenvalue weighted by atomic mass is 16.5. The topological polar surface area (TPSA) is 67.9 Å². The standard InChI is InChI=1S/C32H40N2O4/c1-7-24(4)33-32(36)29(19-26-12-9-8-10-13-26)34(20-27-14-11-15-28(18-27)37-6)31(35)21-38-30-17-22(2)16-23(3)25(30)5/h8-18,24,29H,7,19-21H2,1-6H3,(H,33,36)/t24-,29-/m1/s1. The van der Waals surface area contributed by atoms with E-state index in [9.17, 15) is 9.59 Å². The lowest BCUT2D eigenvalue weighted by Gasteiger charge is -2.32. The molecule has 0 saturated heterocycles. The van der Waals surface area contributed by atoms with E-state index in [1.165, 1.54) is 0 Å². The molecule has 2 amide bonds. The molecule has 0 aliphatic rings. The Bertz CT molecular complexity index is 1230. The third kappa shape index (κ3) is 7.85. The van der Waals surface area contributed by atoms with Gasteiger partial charge >= 0.3 is 0 Å². The lowest BCUT2D eigenvalue weighted by Crippen LogP contribution is -2.53. The van der Waals surface area contributed by atoms with Gasteiger partial charge in [0.2, 0.25) is 5.91 Å².